The van der Waals surface area contributed by atoms with E-state index in [-0.39, 0.29) is 26.2 Å². The Morgan fingerprint density at radius 1 is 1.33 bits per heavy atom. The van der Waals surface area contributed by atoms with Crippen LogP contribution in [-0.4, -0.2) is 29.3 Å². The van der Waals surface area contributed by atoms with E-state index in [1.54, 1.807) is 7.05 Å². The molecule has 1 heterocycles. The van der Waals surface area contributed by atoms with Gasteiger partial charge in [0.2, 0.25) is 0 Å². The van der Waals surface area contributed by atoms with Crippen LogP contribution in [0.15, 0.2) is 29.4 Å². The molecule has 7 nitrogen and oxygen atoms in total. The van der Waals surface area contributed by atoms with E-state index in [1.807, 2.05) is 0 Å². The fourth-order valence-corrected chi connectivity index (χ4v) is 3.47. The molecule has 0 saturated heterocycles. The van der Waals surface area contributed by atoms with Crippen molar-refractivity contribution < 1.29 is 18.3 Å². The molecule has 2 N–H and O–H groups in total. The predicted octanol–water partition coefficient (Wildman–Crippen LogP) is 2.23. The van der Waals surface area contributed by atoms with Gasteiger partial charge in [-0.15, -0.1) is 0 Å². The third kappa shape index (κ3) is 3.29. The lowest BCUT2D eigenvalue weighted by atomic mass is 10.2. The molecule has 0 aliphatic heterocycles. The fraction of sp³-hybridized carbons (Fsp3) is 0.0909. The number of nitrogens with zero attached hydrogens (tertiary/aromatic N) is 2. The van der Waals surface area contributed by atoms with Gasteiger partial charge in [0.15, 0.2) is 0 Å². The largest absolute Gasteiger partial charge is 0.478 e. The summed E-state index contributed by atoms with van der Waals surface area (Å²) in [6, 6.07) is 1.98. The van der Waals surface area contributed by atoms with Crippen LogP contribution in [0.5, 0.6) is 0 Å². The zero-order chi connectivity index (χ0) is 15.8. The van der Waals surface area contributed by atoms with E-state index in [0.29, 0.717) is 0 Å². The summed E-state index contributed by atoms with van der Waals surface area (Å²) >= 11 is 11.6. The van der Waals surface area contributed by atoms with Crippen LogP contribution in [0.1, 0.15) is 10.4 Å². The van der Waals surface area contributed by atoms with Gasteiger partial charge in [0.1, 0.15) is 4.90 Å². The van der Waals surface area contributed by atoms with Crippen molar-refractivity contribution in [1.82, 2.24) is 9.78 Å². The average molecular weight is 350 g/mol. The van der Waals surface area contributed by atoms with E-state index in [0.717, 1.165) is 12.1 Å². The number of carbonyl (C=O) groups is 1. The van der Waals surface area contributed by atoms with Crippen LogP contribution in [-0.2, 0) is 17.1 Å². The maximum atomic E-state index is 12.2. The van der Waals surface area contributed by atoms with Gasteiger partial charge in [-0.25, -0.2) is 13.2 Å². The van der Waals surface area contributed by atoms with Gasteiger partial charge in [-0.2, -0.15) is 5.10 Å². The molecule has 0 fully saturated rings. The quantitative estimate of drug-likeness (QED) is 0.881. The van der Waals surface area contributed by atoms with Gasteiger partial charge >= 0.3 is 5.97 Å². The highest BCUT2D eigenvalue weighted by molar-refractivity contribution is 7.92. The highest BCUT2D eigenvalue weighted by Crippen LogP contribution is 2.29. The summed E-state index contributed by atoms with van der Waals surface area (Å²) in [5, 5.41) is 12.5. The van der Waals surface area contributed by atoms with Gasteiger partial charge in [0.05, 0.1) is 27.5 Å². The second kappa shape index (κ2) is 5.55. The van der Waals surface area contributed by atoms with Gasteiger partial charge in [-0.05, 0) is 12.1 Å². The average Bonchev–Trinajstić information content (AvgIpc) is 2.72. The molecule has 0 bridgehead atoms. The number of aromatic nitrogens is 2. The lowest BCUT2D eigenvalue weighted by Gasteiger charge is -2.09. The Morgan fingerprint density at radius 3 is 2.52 bits per heavy atom. The number of hydrogen-bond donors (Lipinski definition) is 2. The lowest BCUT2D eigenvalue weighted by molar-refractivity contribution is 0.0697. The Balaban J connectivity index is 2.49. The number of benzene rings is 1. The van der Waals surface area contributed by atoms with Gasteiger partial charge in [0.25, 0.3) is 10.0 Å². The summed E-state index contributed by atoms with van der Waals surface area (Å²) in [5.41, 5.74) is -0.131. The zero-order valence-electron chi connectivity index (χ0n) is 10.5. The van der Waals surface area contributed by atoms with Crippen LogP contribution in [0.25, 0.3) is 0 Å². The number of aromatic carboxylic acids is 1. The predicted molar refractivity (Wildman–Crippen MR) is 77.4 cm³/mol. The molecule has 1 aromatic heterocycles. The van der Waals surface area contributed by atoms with Crippen LogP contribution in [0, 0.1) is 0 Å². The smallest absolute Gasteiger partial charge is 0.337 e. The summed E-state index contributed by atoms with van der Waals surface area (Å²) in [6.07, 6.45) is 2.75. The molecule has 0 saturated carbocycles. The summed E-state index contributed by atoms with van der Waals surface area (Å²) < 4.78 is 28.2. The van der Waals surface area contributed by atoms with Crippen molar-refractivity contribution in [2.24, 2.45) is 7.05 Å². The standard InChI is InChI=1S/C11H9Cl2N3O4S/c1-16-5-6(4-14-16)15-21(19,20)10-2-7(11(17)18)8(12)3-9(10)13/h2-5,15H,1H3,(H,17,18). The number of halogens is 2. The summed E-state index contributed by atoms with van der Waals surface area (Å²) in [6.45, 7) is 0. The van der Waals surface area contributed by atoms with Gasteiger partial charge < -0.3 is 5.11 Å². The van der Waals surface area contributed by atoms with Gasteiger partial charge in [0, 0.05) is 13.2 Å². The molecule has 2 aromatic rings. The van der Waals surface area contributed by atoms with E-state index in [4.69, 9.17) is 28.3 Å². The van der Waals surface area contributed by atoms with E-state index in [2.05, 4.69) is 9.82 Å². The molecule has 0 unspecified atom stereocenters. The minimum absolute atomic E-state index is 0.146. The molecule has 0 spiro atoms. The highest BCUT2D eigenvalue weighted by atomic mass is 35.5. The molecule has 21 heavy (non-hydrogen) atoms. The summed E-state index contributed by atoms with van der Waals surface area (Å²) in [5.74, 6) is -1.35. The maximum Gasteiger partial charge on any atom is 0.337 e. The Labute approximate surface area is 130 Å². The number of sulfonamides is 1. The molecular formula is C11H9Cl2N3O4S. The molecule has 10 heteroatoms. The minimum Gasteiger partial charge on any atom is -0.478 e. The van der Waals surface area contributed by atoms with Crippen LogP contribution in [0.3, 0.4) is 0 Å². The normalized spacial score (nSPS) is 11.4. The van der Waals surface area contributed by atoms with Crippen molar-refractivity contribution in [1.29, 1.82) is 0 Å². The third-order valence-corrected chi connectivity index (χ3v) is 4.66. The third-order valence-electron chi connectivity index (χ3n) is 2.50. The molecule has 112 valence electrons. The molecule has 0 aliphatic carbocycles. The van der Waals surface area contributed by atoms with E-state index < -0.39 is 16.0 Å². The number of carboxylic acid groups (broad SMARTS) is 1. The van der Waals surface area contributed by atoms with Crippen LogP contribution >= 0.6 is 23.2 Å². The number of nitrogens with one attached hydrogen (secondary N) is 1. The minimum atomic E-state index is -4.06. The first kappa shape index (κ1) is 15.6. The van der Waals surface area contributed by atoms with Crippen molar-refractivity contribution in [2.75, 3.05) is 4.72 Å². The first-order valence-electron chi connectivity index (χ1n) is 5.44. The molecule has 1 aromatic carbocycles. The summed E-state index contributed by atoms with van der Waals surface area (Å²) in [7, 11) is -2.44. The second-order valence-electron chi connectivity index (χ2n) is 4.08. The van der Waals surface area contributed by atoms with E-state index in [9.17, 15) is 13.2 Å². The van der Waals surface area contributed by atoms with E-state index >= 15 is 0 Å². The van der Waals surface area contributed by atoms with Crippen molar-refractivity contribution in [3.8, 4) is 0 Å². The fourth-order valence-electron chi connectivity index (χ4n) is 1.58. The molecule has 0 amide bonds. The van der Waals surface area contributed by atoms with Crippen molar-refractivity contribution >= 4 is 44.9 Å². The molecule has 0 aliphatic rings. The number of aryl methyl sites for hydroxylation is 1. The first-order chi connectivity index (χ1) is 9.70. The Kier molecular flexibility index (Phi) is 4.13. The van der Waals surface area contributed by atoms with E-state index in [1.165, 1.54) is 17.1 Å². The van der Waals surface area contributed by atoms with Gasteiger partial charge in [-0.1, -0.05) is 23.2 Å². The van der Waals surface area contributed by atoms with Crippen molar-refractivity contribution in [3.05, 3.63) is 40.1 Å². The second-order valence-corrected chi connectivity index (χ2v) is 6.54. The SMILES string of the molecule is Cn1cc(NS(=O)(=O)c2cc(C(=O)O)c(Cl)cc2Cl)cn1. The Morgan fingerprint density at radius 2 is 2.00 bits per heavy atom. The zero-order valence-corrected chi connectivity index (χ0v) is 12.9. The molecule has 0 atom stereocenters. The van der Waals surface area contributed by atoms with Gasteiger partial charge in [-0.3, -0.25) is 9.40 Å². The Hall–Kier alpha value is -1.77. The number of hydrogen-bond acceptors (Lipinski definition) is 4. The number of anilines is 1. The van der Waals surface area contributed by atoms with Crippen molar-refractivity contribution in [2.45, 2.75) is 4.90 Å². The first-order valence-corrected chi connectivity index (χ1v) is 7.68. The monoisotopic (exact) mass is 349 g/mol. The molecule has 0 radical (unpaired) electrons. The molecule has 2 rings (SSSR count). The number of carboxylic acids is 1. The van der Waals surface area contributed by atoms with Crippen LogP contribution in [0.4, 0.5) is 5.69 Å². The van der Waals surface area contributed by atoms with Crippen LogP contribution < -0.4 is 4.72 Å². The maximum absolute atomic E-state index is 12.2. The summed E-state index contributed by atoms with van der Waals surface area (Å²) in [4.78, 5) is 10.6. The highest BCUT2D eigenvalue weighted by Gasteiger charge is 2.23. The number of rotatable bonds is 4. The van der Waals surface area contributed by atoms with Crippen LogP contribution in [0.2, 0.25) is 10.0 Å². The topological polar surface area (TPSA) is 101 Å². The Bertz CT molecular complexity index is 817. The van der Waals surface area contributed by atoms with Crippen molar-refractivity contribution in [3.63, 3.8) is 0 Å². The lowest BCUT2D eigenvalue weighted by Crippen LogP contribution is -2.14. The molecular weight excluding hydrogens is 341 g/mol.